The third-order valence-corrected chi connectivity index (χ3v) is 4.30. The molecule has 0 fully saturated rings. The number of anilines is 1. The first kappa shape index (κ1) is 19.2. The first-order chi connectivity index (χ1) is 13.7. The van der Waals surface area contributed by atoms with Crippen LogP contribution in [-0.2, 0) is 11.3 Å². The van der Waals surface area contributed by atoms with E-state index in [1.54, 1.807) is 29.2 Å². The minimum absolute atomic E-state index is 0.112. The maximum absolute atomic E-state index is 12.9. The Kier molecular flexibility index (Phi) is 6.41. The van der Waals surface area contributed by atoms with Crippen LogP contribution in [0.1, 0.15) is 15.9 Å². The maximum atomic E-state index is 12.9. The van der Waals surface area contributed by atoms with Gasteiger partial charge in [-0.2, -0.15) is 0 Å². The van der Waals surface area contributed by atoms with Crippen LogP contribution in [-0.4, -0.2) is 25.5 Å². The molecule has 0 bridgehead atoms. The Morgan fingerprint density at radius 3 is 2.14 bits per heavy atom. The molecule has 142 valence electrons. The van der Waals surface area contributed by atoms with Crippen molar-refractivity contribution in [2.24, 2.45) is 0 Å². The summed E-state index contributed by atoms with van der Waals surface area (Å²) in [5, 5.41) is 2.70. The Hall–Kier alpha value is -3.60. The SMILES string of the molecule is COc1ccccc1C(=O)NCC(=O)N(Cc1ccccc1)c1ccccc1. The molecule has 0 aliphatic carbocycles. The average molecular weight is 374 g/mol. The van der Waals surface area contributed by atoms with Gasteiger partial charge in [0, 0.05) is 5.69 Å². The van der Waals surface area contributed by atoms with Crippen molar-refractivity contribution in [2.75, 3.05) is 18.6 Å². The van der Waals surface area contributed by atoms with E-state index in [4.69, 9.17) is 4.74 Å². The molecule has 5 nitrogen and oxygen atoms in total. The molecule has 2 amide bonds. The highest BCUT2D eigenvalue weighted by molar-refractivity contribution is 6.01. The second-order valence-corrected chi connectivity index (χ2v) is 6.18. The molecule has 0 saturated heterocycles. The van der Waals surface area contributed by atoms with Crippen molar-refractivity contribution in [2.45, 2.75) is 6.54 Å². The minimum atomic E-state index is -0.349. The molecule has 0 atom stereocenters. The van der Waals surface area contributed by atoms with Gasteiger partial charge < -0.3 is 15.0 Å². The molecule has 3 aromatic carbocycles. The van der Waals surface area contributed by atoms with Gasteiger partial charge in [-0.05, 0) is 29.8 Å². The lowest BCUT2D eigenvalue weighted by Gasteiger charge is -2.23. The Balaban J connectivity index is 1.73. The van der Waals surface area contributed by atoms with Crippen LogP contribution in [0.2, 0.25) is 0 Å². The van der Waals surface area contributed by atoms with E-state index in [2.05, 4.69) is 5.32 Å². The summed E-state index contributed by atoms with van der Waals surface area (Å²) >= 11 is 0. The number of nitrogens with one attached hydrogen (secondary N) is 1. The normalized spacial score (nSPS) is 10.2. The number of para-hydroxylation sites is 2. The molecule has 0 aliphatic heterocycles. The zero-order chi connectivity index (χ0) is 19.8. The van der Waals surface area contributed by atoms with Gasteiger partial charge in [0.25, 0.3) is 5.91 Å². The second kappa shape index (κ2) is 9.37. The van der Waals surface area contributed by atoms with Crippen LogP contribution in [0.25, 0.3) is 0 Å². The number of nitrogens with zero attached hydrogens (tertiary/aromatic N) is 1. The van der Waals surface area contributed by atoms with Crippen LogP contribution in [0.4, 0.5) is 5.69 Å². The van der Waals surface area contributed by atoms with Crippen LogP contribution in [0, 0.1) is 0 Å². The number of carbonyl (C=O) groups is 2. The lowest BCUT2D eigenvalue weighted by atomic mass is 10.1. The number of carbonyl (C=O) groups excluding carboxylic acids is 2. The molecule has 0 aliphatic rings. The molecule has 0 radical (unpaired) electrons. The van der Waals surface area contributed by atoms with E-state index >= 15 is 0 Å². The molecular weight excluding hydrogens is 352 g/mol. The van der Waals surface area contributed by atoms with Crippen molar-refractivity contribution < 1.29 is 14.3 Å². The van der Waals surface area contributed by atoms with Gasteiger partial charge in [-0.25, -0.2) is 0 Å². The summed E-state index contributed by atoms with van der Waals surface area (Å²) < 4.78 is 5.21. The number of hydrogen-bond acceptors (Lipinski definition) is 3. The van der Waals surface area contributed by atoms with E-state index in [-0.39, 0.29) is 18.4 Å². The topological polar surface area (TPSA) is 58.6 Å². The summed E-state index contributed by atoms with van der Waals surface area (Å²) in [5.74, 6) is -0.0755. The van der Waals surface area contributed by atoms with Crippen LogP contribution >= 0.6 is 0 Å². The summed E-state index contributed by atoms with van der Waals surface area (Å²) in [7, 11) is 1.51. The van der Waals surface area contributed by atoms with Crippen molar-refractivity contribution in [3.8, 4) is 5.75 Å². The third-order valence-electron chi connectivity index (χ3n) is 4.30. The number of hydrogen-bond donors (Lipinski definition) is 1. The van der Waals surface area contributed by atoms with Crippen molar-refractivity contribution in [3.05, 3.63) is 96.1 Å². The summed E-state index contributed by atoms with van der Waals surface area (Å²) in [6.07, 6.45) is 0. The van der Waals surface area contributed by atoms with Crippen LogP contribution in [0.3, 0.4) is 0 Å². The van der Waals surface area contributed by atoms with E-state index in [1.807, 2.05) is 60.7 Å². The lowest BCUT2D eigenvalue weighted by Crippen LogP contribution is -2.40. The standard InChI is InChI=1S/C23H22N2O3/c1-28-21-15-9-8-14-20(21)23(27)24-16-22(26)25(19-12-6-3-7-13-19)17-18-10-4-2-5-11-18/h2-15H,16-17H2,1H3,(H,24,27). The van der Waals surface area contributed by atoms with Gasteiger partial charge in [0.15, 0.2) is 0 Å². The molecule has 0 aromatic heterocycles. The Bertz CT molecular complexity index is 927. The molecular formula is C23H22N2O3. The lowest BCUT2D eigenvalue weighted by molar-refractivity contribution is -0.117. The van der Waals surface area contributed by atoms with Gasteiger partial charge in [0.1, 0.15) is 5.75 Å². The minimum Gasteiger partial charge on any atom is -0.496 e. The largest absolute Gasteiger partial charge is 0.496 e. The highest BCUT2D eigenvalue weighted by Gasteiger charge is 2.18. The predicted octanol–water partition coefficient (Wildman–Crippen LogP) is 3.66. The fourth-order valence-electron chi connectivity index (χ4n) is 2.88. The molecule has 28 heavy (non-hydrogen) atoms. The molecule has 3 rings (SSSR count). The summed E-state index contributed by atoms with van der Waals surface area (Å²) in [6, 6.07) is 26.1. The second-order valence-electron chi connectivity index (χ2n) is 6.18. The van der Waals surface area contributed by atoms with Crippen molar-refractivity contribution >= 4 is 17.5 Å². The van der Waals surface area contributed by atoms with Gasteiger partial charge in [0.05, 0.1) is 25.8 Å². The van der Waals surface area contributed by atoms with Crippen molar-refractivity contribution in [3.63, 3.8) is 0 Å². The number of amides is 2. The molecule has 0 unspecified atom stereocenters. The van der Waals surface area contributed by atoms with Gasteiger partial charge in [0.2, 0.25) is 5.91 Å². The van der Waals surface area contributed by atoms with Crippen LogP contribution in [0.5, 0.6) is 5.75 Å². The smallest absolute Gasteiger partial charge is 0.255 e. The third kappa shape index (κ3) is 4.76. The maximum Gasteiger partial charge on any atom is 0.255 e. The highest BCUT2D eigenvalue weighted by Crippen LogP contribution is 2.18. The van der Waals surface area contributed by atoms with E-state index in [0.717, 1.165) is 11.3 Å². The Morgan fingerprint density at radius 2 is 1.46 bits per heavy atom. The fraction of sp³-hybridized carbons (Fsp3) is 0.130. The van der Waals surface area contributed by atoms with E-state index in [9.17, 15) is 9.59 Å². The molecule has 0 saturated carbocycles. The van der Waals surface area contributed by atoms with Gasteiger partial charge in [-0.3, -0.25) is 9.59 Å². The summed E-state index contributed by atoms with van der Waals surface area (Å²) in [5.41, 5.74) is 2.19. The fourth-order valence-corrected chi connectivity index (χ4v) is 2.88. The van der Waals surface area contributed by atoms with E-state index in [0.29, 0.717) is 17.9 Å². The Labute approximate surface area is 164 Å². The summed E-state index contributed by atoms with van der Waals surface area (Å²) in [6.45, 7) is 0.312. The molecule has 0 spiro atoms. The Morgan fingerprint density at radius 1 is 0.857 bits per heavy atom. The zero-order valence-corrected chi connectivity index (χ0v) is 15.7. The number of methoxy groups -OCH3 is 1. The number of ether oxygens (including phenoxy) is 1. The molecule has 5 heteroatoms. The highest BCUT2D eigenvalue weighted by atomic mass is 16.5. The molecule has 0 heterocycles. The zero-order valence-electron chi connectivity index (χ0n) is 15.7. The quantitative estimate of drug-likeness (QED) is 0.687. The average Bonchev–Trinajstić information content (AvgIpc) is 2.76. The van der Waals surface area contributed by atoms with Gasteiger partial charge in [-0.15, -0.1) is 0 Å². The number of rotatable bonds is 7. The molecule has 1 N–H and O–H groups in total. The predicted molar refractivity (Wildman–Crippen MR) is 109 cm³/mol. The monoisotopic (exact) mass is 374 g/mol. The molecule has 3 aromatic rings. The van der Waals surface area contributed by atoms with Crippen molar-refractivity contribution in [1.82, 2.24) is 5.32 Å². The van der Waals surface area contributed by atoms with Crippen LogP contribution < -0.4 is 15.0 Å². The van der Waals surface area contributed by atoms with Gasteiger partial charge >= 0.3 is 0 Å². The first-order valence-corrected chi connectivity index (χ1v) is 8.99. The van der Waals surface area contributed by atoms with E-state index < -0.39 is 0 Å². The van der Waals surface area contributed by atoms with E-state index in [1.165, 1.54) is 7.11 Å². The summed E-state index contributed by atoms with van der Waals surface area (Å²) in [4.78, 5) is 27.1. The van der Waals surface area contributed by atoms with Crippen molar-refractivity contribution in [1.29, 1.82) is 0 Å². The number of benzene rings is 3. The first-order valence-electron chi connectivity index (χ1n) is 8.99. The van der Waals surface area contributed by atoms with Gasteiger partial charge in [-0.1, -0.05) is 60.7 Å². The van der Waals surface area contributed by atoms with Crippen LogP contribution in [0.15, 0.2) is 84.9 Å².